The summed E-state index contributed by atoms with van der Waals surface area (Å²) >= 11 is 0. The maximum absolute atomic E-state index is 15.9. The molecule has 1 aliphatic rings. The Balaban J connectivity index is 0.00000870. The number of halogens is 2. The van der Waals surface area contributed by atoms with Gasteiger partial charge in [-0.3, -0.25) is 19.2 Å². The van der Waals surface area contributed by atoms with E-state index in [0.717, 1.165) is 18.9 Å². The van der Waals surface area contributed by atoms with E-state index in [1.807, 2.05) is 0 Å². The number of hydrogen-bond acceptors (Lipinski definition) is 11. The Kier molecular flexibility index (Phi) is 24.3. The monoisotopic (exact) mass is 888 g/mol. The number of ether oxygens (including phenoxy) is 2. The van der Waals surface area contributed by atoms with Gasteiger partial charge in [-0.05, 0) is 69.2 Å². The number of nitrogens with one attached hydrogen (secondary N) is 1. The molecular formula is C38H50F2N2Na2O13P2. The van der Waals surface area contributed by atoms with Crippen molar-refractivity contribution in [3.05, 3.63) is 83.4 Å². The summed E-state index contributed by atoms with van der Waals surface area (Å²) in [5.74, 6) is -5.48. The molecule has 0 saturated carbocycles. The van der Waals surface area contributed by atoms with Crippen molar-refractivity contribution in [2.75, 3.05) is 19.7 Å². The van der Waals surface area contributed by atoms with E-state index in [1.165, 1.54) is 54.6 Å². The molecule has 1 fully saturated rings. The van der Waals surface area contributed by atoms with Gasteiger partial charge in [-0.2, -0.15) is 8.78 Å². The third-order valence-electron chi connectivity index (χ3n) is 9.44. The molecule has 1 aliphatic heterocycles. The minimum absolute atomic E-state index is 0. The van der Waals surface area contributed by atoms with E-state index in [1.54, 1.807) is 17.9 Å². The van der Waals surface area contributed by atoms with E-state index < -0.39 is 63.1 Å². The first-order valence-corrected chi connectivity index (χ1v) is 21.9. The Morgan fingerprint density at radius 3 is 2.15 bits per heavy atom. The molecule has 2 unspecified atom stereocenters. The summed E-state index contributed by atoms with van der Waals surface area (Å²) in [6.45, 7) is 2.53. The molecule has 0 radical (unpaired) electrons. The van der Waals surface area contributed by atoms with Crippen LogP contribution in [0.4, 0.5) is 8.78 Å². The topological polar surface area (TPSA) is 243 Å². The zero-order chi connectivity index (χ0) is 42.3. The third kappa shape index (κ3) is 17.1. The van der Waals surface area contributed by atoms with Crippen LogP contribution >= 0.6 is 15.2 Å². The Bertz CT molecular complexity index is 1760. The van der Waals surface area contributed by atoms with E-state index in [9.17, 15) is 43.2 Å². The van der Waals surface area contributed by atoms with Crippen molar-refractivity contribution in [1.29, 1.82) is 0 Å². The van der Waals surface area contributed by atoms with Crippen LogP contribution < -0.4 is 74.2 Å². The van der Waals surface area contributed by atoms with Crippen molar-refractivity contribution >= 4 is 38.9 Å². The Morgan fingerprint density at radius 2 is 1.54 bits per heavy atom. The maximum Gasteiger partial charge on any atom is 1.00 e. The molecule has 316 valence electrons. The molecule has 2 aromatic rings. The summed E-state index contributed by atoms with van der Waals surface area (Å²) in [6.07, 6.45) is 3.13. The standard InChI is InChI=1S/C38H52F2N2O13P2.2Na/c1-2-54-34(44)15-9-3-4-12-26-42-31(21-23-33(42)43)20-22-32(38(39,40)30-13-7-5-8-14-30)55-35(45)27-28-16-18-29(19-17-28)36(46)41-25-11-6-10-24-37(47,56(48,49)50)57(51,52)53;;/h5,7-8,13-14,16-20,22,31-32,47H,2-4,6,9-12,15,21,23-27H2,1H3,(H,41,46)(H2,48,49,50)(H2,51,52,53);;/q;2*+1/p-2/b22-20+;;/t31-,32+;;/m0../s1. The average Bonchev–Trinajstić information content (AvgIpc) is 3.50. The number of alkyl halides is 2. The zero-order valence-electron chi connectivity index (χ0n) is 33.6. The fourth-order valence-corrected chi connectivity index (χ4v) is 8.37. The van der Waals surface area contributed by atoms with E-state index in [2.05, 4.69) is 5.32 Å². The molecule has 21 heteroatoms. The van der Waals surface area contributed by atoms with Crippen LogP contribution in [0.3, 0.4) is 0 Å². The predicted octanol–water partition coefficient (Wildman–Crippen LogP) is -1.97. The molecule has 3 rings (SSSR count). The van der Waals surface area contributed by atoms with Crippen molar-refractivity contribution in [2.24, 2.45) is 0 Å². The molecule has 0 aliphatic carbocycles. The first-order valence-electron chi connectivity index (χ1n) is 18.7. The van der Waals surface area contributed by atoms with Gasteiger partial charge in [0.15, 0.2) is 26.4 Å². The summed E-state index contributed by atoms with van der Waals surface area (Å²) in [5, 5.41) is 8.69. The SMILES string of the molecule is CCOC(=O)CCCCCCN1C(=O)CC[C@@H]1/C=C/[C@@H](OC(=O)Cc1ccc(C(=O)NCCCCCC(O)(P(=O)([O-])O)P(=O)([O-])O)cc1)C(F)(F)c1ccccc1.[Na+].[Na+]. The Morgan fingerprint density at radius 1 is 0.932 bits per heavy atom. The van der Waals surface area contributed by atoms with Crippen molar-refractivity contribution in [3.8, 4) is 0 Å². The summed E-state index contributed by atoms with van der Waals surface area (Å²) in [4.78, 5) is 92.3. The van der Waals surface area contributed by atoms with Crippen LogP contribution in [0.15, 0.2) is 66.7 Å². The number of unbranched alkanes of at least 4 members (excludes halogenated alkanes) is 5. The van der Waals surface area contributed by atoms with Gasteiger partial charge in [-0.1, -0.05) is 67.8 Å². The van der Waals surface area contributed by atoms with Crippen LogP contribution in [0, 0.1) is 0 Å². The van der Waals surface area contributed by atoms with E-state index >= 15 is 8.78 Å². The maximum atomic E-state index is 15.9. The third-order valence-corrected chi connectivity index (χ3v) is 13.2. The smallest absolute Gasteiger partial charge is 0.776 e. The molecule has 0 aromatic heterocycles. The number of carbonyl (C=O) groups is 4. The molecule has 59 heavy (non-hydrogen) atoms. The van der Waals surface area contributed by atoms with Crippen LogP contribution in [0.2, 0.25) is 0 Å². The molecule has 4 atom stereocenters. The molecule has 4 N–H and O–H groups in total. The van der Waals surface area contributed by atoms with Gasteiger partial charge >= 0.3 is 77.0 Å². The zero-order valence-corrected chi connectivity index (χ0v) is 39.4. The first-order chi connectivity index (χ1) is 26.8. The van der Waals surface area contributed by atoms with Crippen LogP contribution in [0.1, 0.15) is 99.0 Å². The summed E-state index contributed by atoms with van der Waals surface area (Å²) in [6, 6.07) is 12.1. The van der Waals surface area contributed by atoms with Crippen LogP contribution in [-0.2, 0) is 45.3 Å². The van der Waals surface area contributed by atoms with Gasteiger partial charge in [0.2, 0.25) is 5.91 Å². The minimum Gasteiger partial charge on any atom is -0.776 e. The number of benzene rings is 2. The molecule has 0 bridgehead atoms. The number of rotatable bonds is 24. The molecule has 0 spiro atoms. The second-order valence-corrected chi connectivity index (χ2v) is 17.6. The number of esters is 2. The van der Waals surface area contributed by atoms with E-state index in [4.69, 9.17) is 19.3 Å². The normalized spacial score (nSPS) is 17.7. The number of nitrogens with zero attached hydrogens (tertiary/aromatic N) is 1. The van der Waals surface area contributed by atoms with Gasteiger partial charge in [0.1, 0.15) is 0 Å². The van der Waals surface area contributed by atoms with Crippen molar-refractivity contribution in [1.82, 2.24) is 10.2 Å². The van der Waals surface area contributed by atoms with Gasteiger partial charge < -0.3 is 53.5 Å². The molecule has 2 amide bonds. The fourth-order valence-electron chi connectivity index (χ4n) is 6.21. The largest absolute Gasteiger partial charge is 1.00 e. The van der Waals surface area contributed by atoms with Crippen LogP contribution in [-0.4, -0.2) is 80.5 Å². The van der Waals surface area contributed by atoms with Crippen molar-refractivity contribution in [2.45, 2.75) is 107 Å². The van der Waals surface area contributed by atoms with Gasteiger partial charge in [-0.25, -0.2) is 0 Å². The summed E-state index contributed by atoms with van der Waals surface area (Å²) < 4.78 is 64.7. The number of amides is 2. The van der Waals surface area contributed by atoms with E-state index in [-0.39, 0.29) is 114 Å². The Hall–Kier alpha value is -1.82. The van der Waals surface area contributed by atoms with Crippen molar-refractivity contribution < 1.29 is 130 Å². The molecule has 1 heterocycles. The Labute approximate surface area is 387 Å². The summed E-state index contributed by atoms with van der Waals surface area (Å²) in [7, 11) is -11.7. The minimum atomic E-state index is -5.86. The number of hydrogen-bond donors (Lipinski definition) is 4. The van der Waals surface area contributed by atoms with Gasteiger partial charge in [0.05, 0.1) is 19.1 Å². The second-order valence-electron chi connectivity index (χ2n) is 13.7. The van der Waals surface area contributed by atoms with Gasteiger partial charge in [0, 0.05) is 37.1 Å². The van der Waals surface area contributed by atoms with Crippen LogP contribution in [0.5, 0.6) is 0 Å². The number of aliphatic hydroxyl groups is 1. The molecule has 15 nitrogen and oxygen atoms in total. The molecular weight excluding hydrogens is 838 g/mol. The molecule has 2 aromatic carbocycles. The van der Waals surface area contributed by atoms with Gasteiger partial charge in [0.25, 0.3) is 5.91 Å². The fraction of sp³-hybridized carbons (Fsp3) is 0.526. The van der Waals surface area contributed by atoms with Crippen LogP contribution in [0.25, 0.3) is 0 Å². The van der Waals surface area contributed by atoms with E-state index in [0.29, 0.717) is 44.4 Å². The number of carbonyl (C=O) groups excluding carboxylic acids is 4. The van der Waals surface area contributed by atoms with Crippen molar-refractivity contribution in [3.63, 3.8) is 0 Å². The molecule has 1 saturated heterocycles. The first kappa shape index (κ1) is 55.2. The average molecular weight is 889 g/mol. The second kappa shape index (κ2) is 26.0. The predicted molar refractivity (Wildman–Crippen MR) is 199 cm³/mol. The summed E-state index contributed by atoms with van der Waals surface area (Å²) in [5.41, 5.74) is 0.178. The van der Waals surface area contributed by atoms with Gasteiger partial charge in [-0.15, -0.1) is 0 Å². The quantitative estimate of drug-likeness (QED) is 0.0295. The number of likely N-dealkylation sites (tertiary alicyclic amines) is 1.